The highest BCUT2D eigenvalue weighted by molar-refractivity contribution is 7.99. The molecule has 144 valence electrons. The number of aromatic amines is 1. The molecule has 1 saturated heterocycles. The van der Waals surface area contributed by atoms with Gasteiger partial charge in [0.25, 0.3) is 5.56 Å². The Hall–Kier alpha value is -1.17. The molecular weight excluding hydrogens is 401 g/mol. The maximum atomic E-state index is 12.5. The lowest BCUT2D eigenvalue weighted by atomic mass is 9.71. The molecule has 2 fully saturated rings. The lowest BCUT2D eigenvalue weighted by molar-refractivity contribution is 0.161. The van der Waals surface area contributed by atoms with Gasteiger partial charge >= 0.3 is 0 Å². The van der Waals surface area contributed by atoms with Crippen molar-refractivity contribution in [3.63, 3.8) is 0 Å². The third-order valence-corrected chi connectivity index (χ3v) is 8.30. The Balaban J connectivity index is 1.48. The van der Waals surface area contributed by atoms with E-state index in [9.17, 15) is 4.79 Å². The molecule has 1 aromatic carbocycles. The standard InChI is InChI=1S/C20H23Cl2N3OS/c1-13-4-3-7-20(13)8-10-25(11-9-20)16-12-23-19(18(26)24-16)27-15-6-2-5-14(21)17(15)22/h2,5-6,12-13H,3-4,7-11H2,1H3,(H,24,26)/t13-/m1/s1. The van der Waals surface area contributed by atoms with Gasteiger partial charge in [0.05, 0.1) is 16.2 Å². The summed E-state index contributed by atoms with van der Waals surface area (Å²) >= 11 is 13.5. The van der Waals surface area contributed by atoms with Crippen LogP contribution in [0.4, 0.5) is 5.82 Å². The number of benzene rings is 1. The Kier molecular flexibility index (Phi) is 5.45. The summed E-state index contributed by atoms with van der Waals surface area (Å²) in [6, 6.07) is 5.37. The van der Waals surface area contributed by atoms with Crippen LogP contribution in [0.5, 0.6) is 0 Å². The highest BCUT2D eigenvalue weighted by atomic mass is 35.5. The number of aromatic nitrogens is 2. The number of hydrogen-bond donors (Lipinski definition) is 1. The van der Waals surface area contributed by atoms with Crippen LogP contribution in [0.15, 0.2) is 39.1 Å². The number of nitrogens with zero attached hydrogens (tertiary/aromatic N) is 2. The Labute approximate surface area is 173 Å². The summed E-state index contributed by atoms with van der Waals surface area (Å²) in [5.74, 6) is 1.63. The zero-order chi connectivity index (χ0) is 19.0. The molecule has 1 atom stereocenters. The van der Waals surface area contributed by atoms with Gasteiger partial charge in [-0.05, 0) is 42.7 Å². The third-order valence-electron chi connectivity index (χ3n) is 6.32. The van der Waals surface area contributed by atoms with Crippen LogP contribution < -0.4 is 10.5 Å². The van der Waals surface area contributed by atoms with Crippen LogP contribution in [0.25, 0.3) is 0 Å². The fourth-order valence-electron chi connectivity index (χ4n) is 4.53. The molecule has 0 amide bonds. The number of anilines is 1. The SMILES string of the molecule is C[C@@H]1CCCC12CCN(c1cnc(Sc3cccc(Cl)c3Cl)c(=O)[nH]1)CC2. The smallest absolute Gasteiger partial charge is 0.282 e. The average Bonchev–Trinajstić information content (AvgIpc) is 3.01. The molecule has 2 aromatic rings. The van der Waals surface area contributed by atoms with Crippen molar-refractivity contribution in [2.45, 2.75) is 48.9 Å². The van der Waals surface area contributed by atoms with E-state index in [2.05, 4.69) is 21.8 Å². The maximum absolute atomic E-state index is 12.5. The quantitative estimate of drug-likeness (QED) is 0.693. The number of piperidine rings is 1. The van der Waals surface area contributed by atoms with Crippen molar-refractivity contribution in [3.8, 4) is 0 Å². The fourth-order valence-corrected chi connectivity index (χ4v) is 5.81. The number of nitrogens with one attached hydrogen (secondary N) is 1. The number of halogens is 2. The van der Waals surface area contributed by atoms with E-state index in [0.29, 0.717) is 20.5 Å². The van der Waals surface area contributed by atoms with Gasteiger partial charge in [0.15, 0.2) is 5.03 Å². The molecule has 27 heavy (non-hydrogen) atoms. The molecular formula is C20H23Cl2N3OS. The van der Waals surface area contributed by atoms with Crippen molar-refractivity contribution in [3.05, 3.63) is 44.8 Å². The fraction of sp³-hybridized carbons (Fsp3) is 0.500. The van der Waals surface area contributed by atoms with Gasteiger partial charge in [-0.3, -0.25) is 4.79 Å². The maximum Gasteiger partial charge on any atom is 0.282 e. The highest BCUT2D eigenvalue weighted by Gasteiger charge is 2.42. The second-order valence-corrected chi connectivity index (χ2v) is 9.52. The van der Waals surface area contributed by atoms with Crippen LogP contribution in [0, 0.1) is 11.3 Å². The first-order valence-corrected chi connectivity index (χ1v) is 11.0. The summed E-state index contributed by atoms with van der Waals surface area (Å²) in [7, 11) is 0. The van der Waals surface area contributed by atoms with Crippen LogP contribution in [-0.4, -0.2) is 23.1 Å². The van der Waals surface area contributed by atoms with E-state index < -0.39 is 0 Å². The van der Waals surface area contributed by atoms with Crippen LogP contribution in [0.3, 0.4) is 0 Å². The van der Waals surface area contributed by atoms with E-state index in [1.807, 2.05) is 12.1 Å². The zero-order valence-electron chi connectivity index (χ0n) is 15.3. The lowest BCUT2D eigenvalue weighted by Gasteiger charge is -2.42. The Bertz CT molecular complexity index is 893. The predicted molar refractivity (Wildman–Crippen MR) is 112 cm³/mol. The van der Waals surface area contributed by atoms with Gasteiger partial charge in [-0.1, -0.05) is 60.8 Å². The molecule has 4 nitrogen and oxygen atoms in total. The van der Waals surface area contributed by atoms with Gasteiger partial charge in [-0.25, -0.2) is 4.98 Å². The molecule has 0 radical (unpaired) electrons. The molecule has 4 rings (SSSR count). The van der Waals surface area contributed by atoms with E-state index in [1.54, 1.807) is 12.3 Å². The average molecular weight is 424 g/mol. The van der Waals surface area contributed by atoms with Gasteiger partial charge in [-0.2, -0.15) is 0 Å². The molecule has 2 aliphatic rings. The lowest BCUT2D eigenvalue weighted by Crippen LogP contribution is -2.42. The monoisotopic (exact) mass is 423 g/mol. The van der Waals surface area contributed by atoms with E-state index in [-0.39, 0.29) is 5.56 Å². The van der Waals surface area contributed by atoms with Gasteiger partial charge in [0, 0.05) is 18.0 Å². The number of hydrogen-bond acceptors (Lipinski definition) is 4. The molecule has 2 heterocycles. The molecule has 0 unspecified atom stereocenters. The Morgan fingerprint density at radius 1 is 1.26 bits per heavy atom. The number of H-pyrrole nitrogens is 1. The second kappa shape index (κ2) is 7.69. The van der Waals surface area contributed by atoms with Gasteiger partial charge in [-0.15, -0.1) is 0 Å². The second-order valence-electron chi connectivity index (χ2n) is 7.70. The van der Waals surface area contributed by atoms with Crippen LogP contribution in [0.2, 0.25) is 10.0 Å². The third kappa shape index (κ3) is 3.74. The van der Waals surface area contributed by atoms with Crippen molar-refractivity contribution in [1.82, 2.24) is 9.97 Å². The summed E-state index contributed by atoms with van der Waals surface area (Å²) < 4.78 is 0. The molecule has 1 aliphatic heterocycles. The minimum absolute atomic E-state index is 0.192. The molecule has 1 aliphatic carbocycles. The summed E-state index contributed by atoms with van der Waals surface area (Å²) in [5, 5.41) is 1.29. The zero-order valence-corrected chi connectivity index (χ0v) is 17.6. The van der Waals surface area contributed by atoms with Crippen molar-refractivity contribution in [1.29, 1.82) is 0 Å². The first kappa shape index (κ1) is 19.2. The summed E-state index contributed by atoms with van der Waals surface area (Å²) in [6.07, 6.45) is 8.23. The molecule has 1 aromatic heterocycles. The van der Waals surface area contributed by atoms with Gasteiger partial charge in [0.2, 0.25) is 0 Å². The summed E-state index contributed by atoms with van der Waals surface area (Å²) in [6.45, 7) is 4.36. The normalized spacial score (nSPS) is 21.7. The predicted octanol–water partition coefficient (Wildman–Crippen LogP) is 5.63. The molecule has 1 N–H and O–H groups in total. The van der Waals surface area contributed by atoms with E-state index in [0.717, 1.165) is 29.7 Å². The molecule has 1 spiro atoms. The summed E-state index contributed by atoms with van der Waals surface area (Å²) in [4.78, 5) is 22.9. The van der Waals surface area contributed by atoms with Crippen LogP contribution in [0.1, 0.15) is 39.0 Å². The molecule has 1 saturated carbocycles. The first-order valence-electron chi connectivity index (χ1n) is 9.45. The molecule has 7 heteroatoms. The topological polar surface area (TPSA) is 49.0 Å². The van der Waals surface area contributed by atoms with E-state index >= 15 is 0 Å². The van der Waals surface area contributed by atoms with Gasteiger partial charge in [0.1, 0.15) is 5.82 Å². The Morgan fingerprint density at radius 3 is 2.70 bits per heavy atom. The molecule has 0 bridgehead atoms. The van der Waals surface area contributed by atoms with Crippen molar-refractivity contribution in [2.24, 2.45) is 11.3 Å². The van der Waals surface area contributed by atoms with Crippen molar-refractivity contribution < 1.29 is 0 Å². The van der Waals surface area contributed by atoms with Crippen LogP contribution >= 0.6 is 35.0 Å². The van der Waals surface area contributed by atoms with Crippen LogP contribution in [-0.2, 0) is 0 Å². The van der Waals surface area contributed by atoms with E-state index in [1.165, 1.54) is 43.9 Å². The first-order chi connectivity index (χ1) is 13.0. The largest absolute Gasteiger partial charge is 0.357 e. The minimum Gasteiger partial charge on any atom is -0.357 e. The highest BCUT2D eigenvalue weighted by Crippen LogP contribution is 2.50. The Morgan fingerprint density at radius 2 is 2.04 bits per heavy atom. The van der Waals surface area contributed by atoms with Gasteiger partial charge < -0.3 is 9.88 Å². The summed E-state index contributed by atoms with van der Waals surface area (Å²) in [5.41, 5.74) is 0.326. The van der Waals surface area contributed by atoms with E-state index in [4.69, 9.17) is 23.2 Å². The van der Waals surface area contributed by atoms with Crippen molar-refractivity contribution in [2.75, 3.05) is 18.0 Å². The minimum atomic E-state index is -0.192. The van der Waals surface area contributed by atoms with Crippen molar-refractivity contribution >= 4 is 40.8 Å². The number of rotatable bonds is 3.